The number of nitrogens with one attached hydrogen (secondary N) is 1. The van der Waals surface area contributed by atoms with E-state index >= 15 is 0 Å². The molecule has 1 fully saturated rings. The van der Waals surface area contributed by atoms with Crippen LogP contribution in [0.1, 0.15) is 49.8 Å². The number of rotatable bonds is 5. The Kier molecular flexibility index (Phi) is 5.60. The van der Waals surface area contributed by atoms with Crippen molar-refractivity contribution in [3.63, 3.8) is 0 Å². The maximum Gasteiger partial charge on any atom is 0.223 e. The molecular weight excluding hydrogens is 248 g/mol. The predicted molar refractivity (Wildman–Crippen MR) is 82.6 cm³/mol. The molecule has 0 radical (unpaired) electrons. The second-order valence-corrected chi connectivity index (χ2v) is 5.78. The topological polar surface area (TPSA) is 32.3 Å². The standard InChI is InChI=1S/C17H26N2O/c1-14-7-6-8-16(13-14)15(2)18-10-9-17(20)19-11-4-3-5-12-19/h6-8,13,15,18H,3-5,9-12H2,1-2H3. The fourth-order valence-corrected chi connectivity index (χ4v) is 2.75. The van der Waals surface area contributed by atoms with Crippen LogP contribution >= 0.6 is 0 Å². The second kappa shape index (κ2) is 7.44. The molecule has 3 heteroatoms. The van der Waals surface area contributed by atoms with E-state index in [9.17, 15) is 4.79 Å². The number of piperidine rings is 1. The summed E-state index contributed by atoms with van der Waals surface area (Å²) in [5, 5.41) is 3.45. The molecule has 2 rings (SSSR count). The SMILES string of the molecule is Cc1cccc(C(C)NCCC(=O)N2CCCCC2)c1. The summed E-state index contributed by atoms with van der Waals surface area (Å²) in [4.78, 5) is 14.1. The van der Waals surface area contributed by atoms with Crippen molar-refractivity contribution in [2.24, 2.45) is 0 Å². The van der Waals surface area contributed by atoms with Gasteiger partial charge in [-0.1, -0.05) is 29.8 Å². The summed E-state index contributed by atoms with van der Waals surface area (Å²) < 4.78 is 0. The Hall–Kier alpha value is -1.35. The lowest BCUT2D eigenvalue weighted by Crippen LogP contribution is -2.37. The minimum absolute atomic E-state index is 0.295. The molecule has 1 atom stereocenters. The van der Waals surface area contributed by atoms with Gasteiger partial charge in [0.15, 0.2) is 0 Å². The van der Waals surface area contributed by atoms with Gasteiger partial charge < -0.3 is 10.2 Å². The number of hydrogen-bond acceptors (Lipinski definition) is 2. The van der Waals surface area contributed by atoms with E-state index in [0.717, 1.165) is 19.6 Å². The third kappa shape index (κ3) is 4.34. The molecule has 0 saturated carbocycles. The highest BCUT2D eigenvalue weighted by Crippen LogP contribution is 2.14. The van der Waals surface area contributed by atoms with Crippen LogP contribution in [0.2, 0.25) is 0 Å². The molecule has 1 N–H and O–H groups in total. The average Bonchev–Trinajstić information content (AvgIpc) is 2.48. The lowest BCUT2D eigenvalue weighted by Gasteiger charge is -2.27. The molecule has 20 heavy (non-hydrogen) atoms. The first-order chi connectivity index (χ1) is 9.66. The van der Waals surface area contributed by atoms with Crippen molar-refractivity contribution in [2.75, 3.05) is 19.6 Å². The molecule has 1 aliphatic heterocycles. The van der Waals surface area contributed by atoms with Crippen molar-refractivity contribution in [2.45, 2.75) is 45.6 Å². The number of likely N-dealkylation sites (tertiary alicyclic amines) is 1. The summed E-state index contributed by atoms with van der Waals surface area (Å²) >= 11 is 0. The molecule has 1 amide bonds. The quantitative estimate of drug-likeness (QED) is 0.895. The van der Waals surface area contributed by atoms with Crippen LogP contribution in [0.25, 0.3) is 0 Å². The van der Waals surface area contributed by atoms with Gasteiger partial charge in [0.2, 0.25) is 5.91 Å². The lowest BCUT2D eigenvalue weighted by atomic mass is 10.1. The van der Waals surface area contributed by atoms with Gasteiger partial charge in [-0.3, -0.25) is 4.79 Å². The van der Waals surface area contributed by atoms with Crippen molar-refractivity contribution in [1.29, 1.82) is 0 Å². The van der Waals surface area contributed by atoms with Crippen LogP contribution in [-0.4, -0.2) is 30.4 Å². The minimum atomic E-state index is 0.295. The summed E-state index contributed by atoms with van der Waals surface area (Å²) in [5.74, 6) is 0.300. The van der Waals surface area contributed by atoms with E-state index < -0.39 is 0 Å². The second-order valence-electron chi connectivity index (χ2n) is 5.78. The van der Waals surface area contributed by atoms with Crippen LogP contribution in [0, 0.1) is 6.92 Å². The Labute approximate surface area is 122 Å². The largest absolute Gasteiger partial charge is 0.343 e. The summed E-state index contributed by atoms with van der Waals surface area (Å²) in [6.45, 7) is 6.92. The van der Waals surface area contributed by atoms with Gasteiger partial charge in [0.05, 0.1) is 0 Å². The molecule has 0 spiro atoms. The van der Waals surface area contributed by atoms with Crippen molar-refractivity contribution >= 4 is 5.91 Å². The van der Waals surface area contributed by atoms with Crippen molar-refractivity contribution in [3.05, 3.63) is 35.4 Å². The number of benzene rings is 1. The zero-order valence-corrected chi connectivity index (χ0v) is 12.7. The predicted octanol–water partition coefficient (Wildman–Crippen LogP) is 3.05. The van der Waals surface area contributed by atoms with Gasteiger partial charge in [-0.15, -0.1) is 0 Å². The van der Waals surface area contributed by atoms with Crippen LogP contribution in [0.3, 0.4) is 0 Å². The number of aryl methyl sites for hydroxylation is 1. The fourth-order valence-electron chi connectivity index (χ4n) is 2.75. The van der Waals surface area contributed by atoms with Crippen LogP contribution in [0.5, 0.6) is 0 Å². The van der Waals surface area contributed by atoms with E-state index in [1.54, 1.807) is 0 Å². The van der Waals surface area contributed by atoms with Gasteiger partial charge in [0, 0.05) is 32.1 Å². The highest BCUT2D eigenvalue weighted by molar-refractivity contribution is 5.76. The number of carbonyl (C=O) groups is 1. The number of nitrogens with zero attached hydrogens (tertiary/aromatic N) is 1. The van der Waals surface area contributed by atoms with Gasteiger partial charge >= 0.3 is 0 Å². The van der Waals surface area contributed by atoms with Gasteiger partial charge in [-0.25, -0.2) is 0 Å². The Morgan fingerprint density at radius 3 is 2.75 bits per heavy atom. The molecule has 0 aromatic heterocycles. The molecule has 0 bridgehead atoms. The van der Waals surface area contributed by atoms with E-state index in [1.165, 1.54) is 30.4 Å². The van der Waals surface area contributed by atoms with Crippen molar-refractivity contribution in [1.82, 2.24) is 10.2 Å². The number of hydrogen-bond donors (Lipinski definition) is 1. The van der Waals surface area contributed by atoms with E-state index in [1.807, 2.05) is 4.90 Å². The maximum atomic E-state index is 12.1. The van der Waals surface area contributed by atoms with Crippen LogP contribution < -0.4 is 5.32 Å². The summed E-state index contributed by atoms with van der Waals surface area (Å²) in [6.07, 6.45) is 4.21. The van der Waals surface area contributed by atoms with Gasteiger partial charge in [0.25, 0.3) is 0 Å². The number of carbonyl (C=O) groups excluding carboxylic acids is 1. The van der Waals surface area contributed by atoms with Gasteiger partial charge in [-0.05, 0) is 38.7 Å². The third-order valence-electron chi connectivity index (χ3n) is 4.04. The highest BCUT2D eigenvalue weighted by atomic mass is 16.2. The first-order valence-corrected chi connectivity index (χ1v) is 7.74. The monoisotopic (exact) mass is 274 g/mol. The fraction of sp³-hybridized carbons (Fsp3) is 0.588. The Bertz CT molecular complexity index is 438. The molecule has 1 saturated heterocycles. The first-order valence-electron chi connectivity index (χ1n) is 7.74. The molecule has 0 aliphatic carbocycles. The van der Waals surface area contributed by atoms with E-state index in [0.29, 0.717) is 18.4 Å². The lowest BCUT2D eigenvalue weighted by molar-refractivity contribution is -0.132. The van der Waals surface area contributed by atoms with Crippen molar-refractivity contribution in [3.8, 4) is 0 Å². The molecule has 3 nitrogen and oxygen atoms in total. The molecular formula is C17H26N2O. The van der Waals surface area contributed by atoms with Crippen LogP contribution in [0.4, 0.5) is 0 Å². The zero-order valence-electron chi connectivity index (χ0n) is 12.7. The van der Waals surface area contributed by atoms with Gasteiger partial charge in [0.1, 0.15) is 0 Å². The van der Waals surface area contributed by atoms with Crippen LogP contribution in [0.15, 0.2) is 24.3 Å². The molecule has 1 aromatic rings. The van der Waals surface area contributed by atoms with E-state index in [4.69, 9.17) is 0 Å². The van der Waals surface area contributed by atoms with E-state index in [-0.39, 0.29) is 0 Å². The molecule has 1 aromatic carbocycles. The molecule has 1 aliphatic rings. The first kappa shape index (κ1) is 15.0. The van der Waals surface area contributed by atoms with Crippen LogP contribution in [-0.2, 0) is 4.79 Å². The molecule has 110 valence electrons. The minimum Gasteiger partial charge on any atom is -0.343 e. The highest BCUT2D eigenvalue weighted by Gasteiger charge is 2.16. The smallest absolute Gasteiger partial charge is 0.223 e. The van der Waals surface area contributed by atoms with Gasteiger partial charge in [-0.2, -0.15) is 0 Å². The number of amides is 1. The third-order valence-corrected chi connectivity index (χ3v) is 4.04. The maximum absolute atomic E-state index is 12.1. The normalized spacial score (nSPS) is 17.0. The van der Waals surface area contributed by atoms with Crippen molar-refractivity contribution < 1.29 is 4.79 Å². The average molecular weight is 274 g/mol. The summed E-state index contributed by atoms with van der Waals surface area (Å²) in [7, 11) is 0. The zero-order chi connectivity index (χ0) is 14.4. The Morgan fingerprint density at radius 2 is 2.05 bits per heavy atom. The Balaban J connectivity index is 1.73. The summed E-state index contributed by atoms with van der Waals surface area (Å²) in [5.41, 5.74) is 2.57. The van der Waals surface area contributed by atoms with E-state index in [2.05, 4.69) is 43.4 Å². The molecule has 1 unspecified atom stereocenters. The summed E-state index contributed by atoms with van der Waals surface area (Å²) in [6, 6.07) is 8.82. The Morgan fingerprint density at radius 1 is 1.30 bits per heavy atom. The molecule has 1 heterocycles.